The highest BCUT2D eigenvalue weighted by Gasteiger charge is 2.30. The molecule has 168 valence electrons. The SMILES string of the molecule is COc1ccc(C)cc1N(CC(=O)N(C)Cc1ccc(C)cc1)S(=O)(=O)c1ccccc1. The average molecular weight is 453 g/mol. The van der Waals surface area contributed by atoms with E-state index < -0.39 is 10.0 Å². The highest BCUT2D eigenvalue weighted by atomic mass is 32.2. The number of nitrogens with zero attached hydrogens (tertiary/aromatic N) is 2. The van der Waals surface area contributed by atoms with Gasteiger partial charge in [-0.1, -0.05) is 54.1 Å². The number of hydrogen-bond acceptors (Lipinski definition) is 4. The Kier molecular flexibility index (Phi) is 7.20. The highest BCUT2D eigenvalue weighted by molar-refractivity contribution is 7.92. The summed E-state index contributed by atoms with van der Waals surface area (Å²) in [5, 5.41) is 0. The Morgan fingerprint density at radius 1 is 0.906 bits per heavy atom. The summed E-state index contributed by atoms with van der Waals surface area (Å²) in [4.78, 5) is 14.8. The van der Waals surface area contributed by atoms with E-state index in [0.717, 1.165) is 21.0 Å². The van der Waals surface area contributed by atoms with Gasteiger partial charge in [0.2, 0.25) is 5.91 Å². The zero-order chi connectivity index (χ0) is 23.3. The first-order valence-electron chi connectivity index (χ1n) is 10.2. The van der Waals surface area contributed by atoms with Gasteiger partial charge in [0.25, 0.3) is 10.0 Å². The number of carbonyl (C=O) groups is 1. The van der Waals surface area contributed by atoms with E-state index in [4.69, 9.17) is 4.74 Å². The normalized spacial score (nSPS) is 11.1. The number of rotatable bonds is 8. The third kappa shape index (κ3) is 5.29. The van der Waals surface area contributed by atoms with Crippen LogP contribution >= 0.6 is 0 Å². The summed E-state index contributed by atoms with van der Waals surface area (Å²) in [5.74, 6) is 0.0535. The molecule has 0 saturated carbocycles. The number of sulfonamides is 1. The molecule has 3 rings (SSSR count). The largest absolute Gasteiger partial charge is 0.495 e. The smallest absolute Gasteiger partial charge is 0.264 e. The minimum Gasteiger partial charge on any atom is -0.495 e. The van der Waals surface area contributed by atoms with Gasteiger partial charge >= 0.3 is 0 Å². The number of ether oxygens (including phenoxy) is 1. The van der Waals surface area contributed by atoms with Crippen molar-refractivity contribution in [2.75, 3.05) is 25.0 Å². The van der Waals surface area contributed by atoms with Crippen molar-refractivity contribution in [2.24, 2.45) is 0 Å². The van der Waals surface area contributed by atoms with Crippen LogP contribution < -0.4 is 9.04 Å². The van der Waals surface area contributed by atoms with E-state index in [-0.39, 0.29) is 17.3 Å². The molecule has 0 saturated heterocycles. The van der Waals surface area contributed by atoms with Crippen LogP contribution in [0.2, 0.25) is 0 Å². The summed E-state index contributed by atoms with van der Waals surface area (Å²) < 4.78 is 33.7. The zero-order valence-corrected chi connectivity index (χ0v) is 19.6. The lowest BCUT2D eigenvalue weighted by Gasteiger charge is -2.28. The van der Waals surface area contributed by atoms with Crippen LogP contribution in [0, 0.1) is 13.8 Å². The van der Waals surface area contributed by atoms with Crippen LogP contribution in [0.5, 0.6) is 5.75 Å². The van der Waals surface area contributed by atoms with E-state index >= 15 is 0 Å². The Labute approximate surface area is 190 Å². The van der Waals surface area contributed by atoms with Crippen LogP contribution in [0.25, 0.3) is 0 Å². The van der Waals surface area contributed by atoms with Crippen molar-refractivity contribution < 1.29 is 17.9 Å². The molecule has 0 aliphatic heterocycles. The number of hydrogen-bond donors (Lipinski definition) is 0. The van der Waals surface area contributed by atoms with Crippen molar-refractivity contribution in [2.45, 2.75) is 25.3 Å². The van der Waals surface area contributed by atoms with Gasteiger partial charge in [0, 0.05) is 13.6 Å². The third-order valence-corrected chi connectivity index (χ3v) is 6.95. The Balaban J connectivity index is 1.97. The summed E-state index contributed by atoms with van der Waals surface area (Å²) >= 11 is 0. The van der Waals surface area contributed by atoms with E-state index in [9.17, 15) is 13.2 Å². The number of carbonyl (C=O) groups excluding carboxylic acids is 1. The van der Waals surface area contributed by atoms with Gasteiger partial charge in [-0.15, -0.1) is 0 Å². The average Bonchev–Trinajstić information content (AvgIpc) is 2.79. The fourth-order valence-corrected chi connectivity index (χ4v) is 4.75. The fourth-order valence-electron chi connectivity index (χ4n) is 3.31. The lowest BCUT2D eigenvalue weighted by molar-refractivity contribution is -0.128. The van der Waals surface area contributed by atoms with Gasteiger partial charge in [0.05, 0.1) is 17.7 Å². The predicted molar refractivity (Wildman–Crippen MR) is 126 cm³/mol. The molecule has 0 spiro atoms. The Morgan fingerprint density at radius 2 is 1.53 bits per heavy atom. The molecule has 0 heterocycles. The first-order chi connectivity index (χ1) is 15.2. The van der Waals surface area contributed by atoms with Crippen molar-refractivity contribution in [1.82, 2.24) is 4.90 Å². The molecule has 0 aliphatic carbocycles. The molecule has 1 amide bonds. The molecule has 32 heavy (non-hydrogen) atoms. The number of likely N-dealkylation sites (N-methyl/N-ethyl adjacent to an activating group) is 1. The molecule has 0 radical (unpaired) electrons. The molecule has 0 N–H and O–H groups in total. The minimum atomic E-state index is -4.00. The highest BCUT2D eigenvalue weighted by Crippen LogP contribution is 2.33. The van der Waals surface area contributed by atoms with E-state index in [1.165, 1.54) is 24.1 Å². The van der Waals surface area contributed by atoms with E-state index in [0.29, 0.717) is 18.0 Å². The van der Waals surface area contributed by atoms with Gasteiger partial charge in [-0.05, 0) is 49.2 Å². The molecule has 3 aromatic carbocycles. The predicted octanol–water partition coefficient (Wildman–Crippen LogP) is 4.17. The first kappa shape index (κ1) is 23.3. The summed E-state index contributed by atoms with van der Waals surface area (Å²) in [7, 11) is -0.856. The third-order valence-electron chi connectivity index (χ3n) is 5.18. The van der Waals surface area contributed by atoms with Crippen LogP contribution in [0.1, 0.15) is 16.7 Å². The van der Waals surface area contributed by atoms with Crippen LogP contribution in [-0.4, -0.2) is 39.9 Å². The van der Waals surface area contributed by atoms with Crippen LogP contribution in [0.3, 0.4) is 0 Å². The van der Waals surface area contributed by atoms with Crippen molar-refractivity contribution in [1.29, 1.82) is 0 Å². The van der Waals surface area contributed by atoms with E-state index in [1.54, 1.807) is 37.4 Å². The second-order valence-corrected chi connectivity index (χ2v) is 9.60. The van der Waals surface area contributed by atoms with E-state index in [1.807, 2.05) is 44.2 Å². The first-order valence-corrected chi connectivity index (χ1v) is 11.7. The summed E-state index contributed by atoms with van der Waals surface area (Å²) in [6.07, 6.45) is 0. The molecule has 0 unspecified atom stereocenters. The maximum Gasteiger partial charge on any atom is 0.264 e. The molecule has 0 aliphatic rings. The topological polar surface area (TPSA) is 66.9 Å². The van der Waals surface area contributed by atoms with E-state index in [2.05, 4.69) is 0 Å². The summed E-state index contributed by atoms with van der Waals surface area (Å²) in [5.41, 5.74) is 3.29. The molecule has 6 nitrogen and oxygen atoms in total. The number of amides is 1. The number of aryl methyl sites for hydroxylation is 2. The minimum absolute atomic E-state index is 0.109. The molecule has 7 heteroatoms. The lowest BCUT2D eigenvalue weighted by Crippen LogP contribution is -2.41. The molecule has 0 atom stereocenters. The number of anilines is 1. The standard InChI is InChI=1S/C25H28N2O4S/c1-19-10-13-21(14-11-19)17-26(3)25(28)18-27(23-16-20(2)12-15-24(23)31-4)32(29,30)22-8-6-5-7-9-22/h5-16H,17-18H2,1-4H3. The number of methoxy groups -OCH3 is 1. The Hall–Kier alpha value is -3.32. The van der Waals surface area contributed by atoms with Crippen LogP contribution in [-0.2, 0) is 21.4 Å². The van der Waals surface area contributed by atoms with Gasteiger partial charge in [-0.25, -0.2) is 8.42 Å². The molecule has 0 bridgehead atoms. The number of benzene rings is 3. The quantitative estimate of drug-likeness (QED) is 0.515. The van der Waals surface area contributed by atoms with Gasteiger partial charge in [0.1, 0.15) is 12.3 Å². The Morgan fingerprint density at radius 3 is 2.16 bits per heavy atom. The van der Waals surface area contributed by atoms with Gasteiger partial charge in [-0.2, -0.15) is 0 Å². The van der Waals surface area contributed by atoms with Gasteiger partial charge in [0.15, 0.2) is 0 Å². The van der Waals surface area contributed by atoms with Crippen molar-refractivity contribution in [3.05, 3.63) is 89.5 Å². The van der Waals surface area contributed by atoms with Crippen molar-refractivity contribution in [3.8, 4) is 5.75 Å². The van der Waals surface area contributed by atoms with Crippen LogP contribution in [0.15, 0.2) is 77.7 Å². The maximum atomic E-state index is 13.6. The van der Waals surface area contributed by atoms with Gasteiger partial charge in [-0.3, -0.25) is 9.10 Å². The van der Waals surface area contributed by atoms with Crippen molar-refractivity contribution in [3.63, 3.8) is 0 Å². The molecular weight excluding hydrogens is 424 g/mol. The van der Waals surface area contributed by atoms with Crippen molar-refractivity contribution >= 4 is 21.6 Å². The van der Waals surface area contributed by atoms with Crippen LogP contribution in [0.4, 0.5) is 5.69 Å². The lowest BCUT2D eigenvalue weighted by atomic mass is 10.1. The summed E-state index contributed by atoms with van der Waals surface area (Å²) in [6, 6.07) is 21.2. The molecular formula is C25H28N2O4S. The second kappa shape index (κ2) is 9.87. The second-order valence-electron chi connectivity index (χ2n) is 7.74. The molecule has 3 aromatic rings. The fraction of sp³-hybridized carbons (Fsp3) is 0.240. The maximum absolute atomic E-state index is 13.6. The zero-order valence-electron chi connectivity index (χ0n) is 18.8. The summed E-state index contributed by atoms with van der Waals surface area (Å²) in [6.45, 7) is 3.89. The monoisotopic (exact) mass is 452 g/mol. The molecule has 0 fully saturated rings. The molecule has 0 aromatic heterocycles. The Bertz CT molecular complexity index is 1180. The van der Waals surface area contributed by atoms with Gasteiger partial charge < -0.3 is 9.64 Å².